The number of carbonyl (C=O) groups excluding carboxylic acids is 2. The van der Waals surface area contributed by atoms with Crippen molar-refractivity contribution in [1.29, 1.82) is 0 Å². The van der Waals surface area contributed by atoms with Crippen LogP contribution >= 0.6 is 11.3 Å². The number of benzene rings is 2. The number of rotatable bonds is 8. The molecule has 0 bridgehead atoms. The van der Waals surface area contributed by atoms with Crippen molar-refractivity contribution < 1.29 is 9.59 Å². The molecule has 0 spiro atoms. The third-order valence-electron chi connectivity index (χ3n) is 4.09. The van der Waals surface area contributed by atoms with Gasteiger partial charge in [0, 0.05) is 23.9 Å². The molecule has 2 aromatic carbocycles. The predicted octanol–water partition coefficient (Wildman–Crippen LogP) is 2.73. The van der Waals surface area contributed by atoms with E-state index < -0.39 is 5.91 Å². The standard InChI is InChI=1S/C21H21N3O2S/c22-21(26)17-8-4-7-16(11-17)9-10-23-19(25)13-18-14-27-20(24-18)12-15-5-2-1-3-6-15/h1-8,11,14H,9-10,12-13H2,(H2,22,26)(H,23,25). The number of nitrogens with two attached hydrogens (primary N) is 1. The van der Waals surface area contributed by atoms with Gasteiger partial charge in [-0.3, -0.25) is 9.59 Å². The highest BCUT2D eigenvalue weighted by Crippen LogP contribution is 2.15. The van der Waals surface area contributed by atoms with Gasteiger partial charge in [-0.25, -0.2) is 4.98 Å². The maximum Gasteiger partial charge on any atom is 0.248 e. The van der Waals surface area contributed by atoms with Gasteiger partial charge in [-0.1, -0.05) is 42.5 Å². The van der Waals surface area contributed by atoms with E-state index in [1.807, 2.05) is 29.6 Å². The second kappa shape index (κ2) is 9.09. The number of nitrogens with zero attached hydrogens (tertiary/aromatic N) is 1. The topological polar surface area (TPSA) is 85.1 Å². The average molecular weight is 379 g/mol. The second-order valence-electron chi connectivity index (χ2n) is 6.24. The normalized spacial score (nSPS) is 10.5. The van der Waals surface area contributed by atoms with Crippen molar-refractivity contribution in [2.45, 2.75) is 19.3 Å². The number of thiazole rings is 1. The Morgan fingerprint density at radius 1 is 1.04 bits per heavy atom. The summed E-state index contributed by atoms with van der Waals surface area (Å²) in [6.45, 7) is 0.502. The smallest absolute Gasteiger partial charge is 0.248 e. The van der Waals surface area contributed by atoms with E-state index in [0.717, 1.165) is 22.7 Å². The summed E-state index contributed by atoms with van der Waals surface area (Å²) in [6.07, 6.45) is 1.69. The lowest BCUT2D eigenvalue weighted by atomic mass is 10.1. The Morgan fingerprint density at radius 3 is 2.59 bits per heavy atom. The van der Waals surface area contributed by atoms with Crippen LogP contribution in [-0.4, -0.2) is 23.3 Å². The molecule has 0 radical (unpaired) electrons. The van der Waals surface area contributed by atoms with Crippen LogP contribution in [0.4, 0.5) is 0 Å². The van der Waals surface area contributed by atoms with Gasteiger partial charge in [0.1, 0.15) is 0 Å². The summed E-state index contributed by atoms with van der Waals surface area (Å²) in [6, 6.07) is 17.3. The molecule has 27 heavy (non-hydrogen) atoms. The minimum Gasteiger partial charge on any atom is -0.366 e. The fourth-order valence-electron chi connectivity index (χ4n) is 2.74. The third kappa shape index (κ3) is 5.76. The van der Waals surface area contributed by atoms with E-state index in [-0.39, 0.29) is 12.3 Å². The summed E-state index contributed by atoms with van der Waals surface area (Å²) in [5, 5.41) is 5.84. The Labute approximate surface area is 162 Å². The summed E-state index contributed by atoms with van der Waals surface area (Å²) in [7, 11) is 0. The largest absolute Gasteiger partial charge is 0.366 e. The Balaban J connectivity index is 1.46. The van der Waals surface area contributed by atoms with Gasteiger partial charge in [-0.2, -0.15) is 0 Å². The molecule has 138 valence electrons. The SMILES string of the molecule is NC(=O)c1cccc(CCNC(=O)Cc2csc(Cc3ccccc3)n2)c1. The number of primary amides is 1. The summed E-state index contributed by atoms with van der Waals surface area (Å²) in [5.74, 6) is -0.506. The molecule has 0 fully saturated rings. The molecular formula is C21H21N3O2S. The van der Waals surface area contributed by atoms with Crippen LogP contribution in [0.15, 0.2) is 60.0 Å². The van der Waals surface area contributed by atoms with Gasteiger partial charge in [-0.05, 0) is 29.7 Å². The van der Waals surface area contributed by atoms with E-state index in [1.165, 1.54) is 5.56 Å². The number of carbonyl (C=O) groups is 2. The number of aromatic nitrogens is 1. The monoisotopic (exact) mass is 379 g/mol. The van der Waals surface area contributed by atoms with E-state index in [2.05, 4.69) is 22.4 Å². The van der Waals surface area contributed by atoms with Gasteiger partial charge in [0.2, 0.25) is 11.8 Å². The molecule has 3 aromatic rings. The van der Waals surface area contributed by atoms with Crippen LogP contribution in [0.5, 0.6) is 0 Å². The van der Waals surface area contributed by atoms with E-state index in [4.69, 9.17) is 5.73 Å². The van der Waals surface area contributed by atoms with Crippen LogP contribution in [0.3, 0.4) is 0 Å². The third-order valence-corrected chi connectivity index (χ3v) is 4.98. The van der Waals surface area contributed by atoms with E-state index in [0.29, 0.717) is 18.5 Å². The average Bonchev–Trinajstić information content (AvgIpc) is 3.09. The minimum absolute atomic E-state index is 0.0578. The first-order valence-corrected chi connectivity index (χ1v) is 9.61. The van der Waals surface area contributed by atoms with Gasteiger partial charge >= 0.3 is 0 Å². The molecule has 2 amide bonds. The summed E-state index contributed by atoms with van der Waals surface area (Å²) in [5.41, 5.74) is 8.72. The van der Waals surface area contributed by atoms with Crippen LogP contribution in [0, 0.1) is 0 Å². The lowest BCUT2D eigenvalue weighted by Crippen LogP contribution is -2.27. The van der Waals surface area contributed by atoms with Crippen molar-refractivity contribution in [2.24, 2.45) is 5.73 Å². The maximum absolute atomic E-state index is 12.1. The van der Waals surface area contributed by atoms with Gasteiger partial charge in [0.05, 0.1) is 17.1 Å². The van der Waals surface area contributed by atoms with E-state index in [1.54, 1.807) is 29.5 Å². The summed E-state index contributed by atoms with van der Waals surface area (Å²) >= 11 is 1.58. The molecule has 0 atom stereocenters. The molecule has 3 rings (SSSR count). The number of nitrogens with one attached hydrogen (secondary N) is 1. The highest BCUT2D eigenvalue weighted by Gasteiger charge is 2.08. The van der Waals surface area contributed by atoms with Gasteiger partial charge in [0.15, 0.2) is 0 Å². The first-order valence-electron chi connectivity index (χ1n) is 8.73. The van der Waals surface area contributed by atoms with E-state index >= 15 is 0 Å². The second-order valence-corrected chi connectivity index (χ2v) is 7.18. The molecule has 1 aromatic heterocycles. The molecular weight excluding hydrogens is 358 g/mol. The number of amides is 2. The van der Waals surface area contributed by atoms with Crippen molar-refractivity contribution in [3.8, 4) is 0 Å². The lowest BCUT2D eigenvalue weighted by molar-refractivity contribution is -0.120. The Kier molecular flexibility index (Phi) is 6.33. The van der Waals surface area contributed by atoms with Crippen LogP contribution in [-0.2, 0) is 24.1 Å². The van der Waals surface area contributed by atoms with Crippen LogP contribution in [0.25, 0.3) is 0 Å². The molecule has 5 nitrogen and oxygen atoms in total. The molecule has 1 heterocycles. The zero-order valence-corrected chi connectivity index (χ0v) is 15.7. The molecule has 0 aliphatic carbocycles. The van der Waals surface area contributed by atoms with E-state index in [9.17, 15) is 9.59 Å². The van der Waals surface area contributed by atoms with Crippen molar-refractivity contribution in [2.75, 3.05) is 6.54 Å². The highest BCUT2D eigenvalue weighted by molar-refractivity contribution is 7.09. The predicted molar refractivity (Wildman–Crippen MR) is 107 cm³/mol. The zero-order valence-electron chi connectivity index (χ0n) is 14.9. The Bertz CT molecular complexity index is 922. The molecule has 0 aliphatic rings. The summed E-state index contributed by atoms with van der Waals surface area (Å²) in [4.78, 5) is 27.9. The molecule has 0 saturated heterocycles. The fraction of sp³-hybridized carbons (Fsp3) is 0.190. The van der Waals surface area contributed by atoms with Gasteiger partial charge in [-0.15, -0.1) is 11.3 Å². The number of hydrogen-bond acceptors (Lipinski definition) is 4. The minimum atomic E-state index is -0.448. The first-order chi connectivity index (χ1) is 13.1. The highest BCUT2D eigenvalue weighted by atomic mass is 32.1. The molecule has 0 aliphatic heterocycles. The first kappa shape index (κ1) is 18.8. The van der Waals surface area contributed by atoms with Gasteiger partial charge in [0.25, 0.3) is 0 Å². The Morgan fingerprint density at radius 2 is 1.81 bits per heavy atom. The van der Waals surface area contributed by atoms with Crippen molar-refractivity contribution in [3.05, 3.63) is 87.4 Å². The summed E-state index contributed by atoms with van der Waals surface area (Å²) < 4.78 is 0. The zero-order chi connectivity index (χ0) is 19.1. The van der Waals surface area contributed by atoms with Crippen LogP contribution in [0.2, 0.25) is 0 Å². The molecule has 6 heteroatoms. The fourth-order valence-corrected chi connectivity index (χ4v) is 3.56. The van der Waals surface area contributed by atoms with Crippen molar-refractivity contribution in [1.82, 2.24) is 10.3 Å². The van der Waals surface area contributed by atoms with Crippen molar-refractivity contribution in [3.63, 3.8) is 0 Å². The number of hydrogen-bond donors (Lipinski definition) is 2. The maximum atomic E-state index is 12.1. The Hall–Kier alpha value is -2.99. The van der Waals surface area contributed by atoms with Crippen LogP contribution in [0.1, 0.15) is 32.2 Å². The molecule has 0 saturated carbocycles. The van der Waals surface area contributed by atoms with Gasteiger partial charge < -0.3 is 11.1 Å². The molecule has 0 unspecified atom stereocenters. The molecule has 3 N–H and O–H groups in total. The quantitative estimate of drug-likeness (QED) is 0.631. The lowest BCUT2D eigenvalue weighted by Gasteiger charge is -2.05. The van der Waals surface area contributed by atoms with Crippen LogP contribution < -0.4 is 11.1 Å². The van der Waals surface area contributed by atoms with Crippen molar-refractivity contribution >= 4 is 23.2 Å².